The summed E-state index contributed by atoms with van der Waals surface area (Å²) in [6.45, 7) is 4.25. The Balaban J connectivity index is 2.96. The summed E-state index contributed by atoms with van der Waals surface area (Å²) in [6.07, 6.45) is 2.09. The van der Waals surface area contributed by atoms with Gasteiger partial charge in [0.15, 0.2) is 0 Å². The van der Waals surface area contributed by atoms with E-state index in [0.29, 0.717) is 0 Å². The molecule has 2 rings (SSSR count). The highest BCUT2D eigenvalue weighted by Crippen LogP contribution is 2.12. The first-order valence-corrected chi connectivity index (χ1v) is 3.82. The third-order valence-electron chi connectivity index (χ3n) is 2.11. The zero-order chi connectivity index (χ0) is 7.84. The topological polar surface area (TPSA) is 4.41 Å². The number of fused-ring (bicyclic) bond motifs is 1. The molecule has 2 heterocycles. The molecule has 0 aliphatic carbocycles. The molecule has 0 saturated heterocycles. The Morgan fingerprint density at radius 1 is 1.09 bits per heavy atom. The lowest BCUT2D eigenvalue weighted by molar-refractivity contribution is 1.09. The molecule has 0 unspecified atom stereocenters. The Labute approximate surface area is 66.3 Å². The zero-order valence-electron chi connectivity index (χ0n) is 6.83. The van der Waals surface area contributed by atoms with Crippen LogP contribution in [0.5, 0.6) is 0 Å². The number of hydrogen-bond acceptors (Lipinski definition) is 0. The molecule has 0 aliphatic rings. The van der Waals surface area contributed by atoms with Crippen molar-refractivity contribution in [3.8, 4) is 0 Å². The van der Waals surface area contributed by atoms with Crippen LogP contribution in [0.25, 0.3) is 5.52 Å². The fourth-order valence-corrected chi connectivity index (χ4v) is 1.42. The van der Waals surface area contributed by atoms with Gasteiger partial charge in [-0.25, -0.2) is 0 Å². The number of aryl methyl sites for hydroxylation is 2. The maximum absolute atomic E-state index is 2.20. The predicted molar refractivity (Wildman–Crippen MR) is 46.9 cm³/mol. The molecule has 0 bridgehead atoms. The summed E-state index contributed by atoms with van der Waals surface area (Å²) in [4.78, 5) is 0. The van der Waals surface area contributed by atoms with Gasteiger partial charge in [-0.05, 0) is 37.6 Å². The van der Waals surface area contributed by atoms with E-state index in [2.05, 4.69) is 48.7 Å². The Hall–Kier alpha value is -1.24. The first kappa shape index (κ1) is 6.47. The molecule has 0 amide bonds. The van der Waals surface area contributed by atoms with Crippen LogP contribution in [0.2, 0.25) is 0 Å². The number of rotatable bonds is 0. The number of pyridine rings is 1. The van der Waals surface area contributed by atoms with E-state index in [4.69, 9.17) is 0 Å². The largest absolute Gasteiger partial charge is 0.321 e. The van der Waals surface area contributed by atoms with Crippen LogP contribution in [-0.4, -0.2) is 4.40 Å². The van der Waals surface area contributed by atoms with Crippen molar-refractivity contribution in [3.63, 3.8) is 0 Å². The fraction of sp³-hybridized carbons (Fsp3) is 0.200. The van der Waals surface area contributed by atoms with E-state index in [1.54, 1.807) is 0 Å². The summed E-state index contributed by atoms with van der Waals surface area (Å²) >= 11 is 0. The molecular weight excluding hydrogens is 134 g/mol. The lowest BCUT2D eigenvalue weighted by atomic mass is 10.2. The summed E-state index contributed by atoms with van der Waals surface area (Å²) in [5.41, 5.74) is 3.93. The number of nitrogens with zero attached hydrogens (tertiary/aromatic N) is 1. The summed E-state index contributed by atoms with van der Waals surface area (Å²) in [7, 11) is 0. The van der Waals surface area contributed by atoms with Gasteiger partial charge in [0.05, 0.1) is 0 Å². The van der Waals surface area contributed by atoms with Crippen molar-refractivity contribution >= 4 is 5.52 Å². The van der Waals surface area contributed by atoms with Crippen molar-refractivity contribution in [2.45, 2.75) is 13.8 Å². The lowest BCUT2D eigenvalue weighted by Gasteiger charge is -2.02. The van der Waals surface area contributed by atoms with Gasteiger partial charge in [0.1, 0.15) is 0 Å². The van der Waals surface area contributed by atoms with Gasteiger partial charge in [-0.3, -0.25) is 0 Å². The minimum atomic E-state index is 1.29. The van der Waals surface area contributed by atoms with Crippen LogP contribution in [0, 0.1) is 13.8 Å². The van der Waals surface area contributed by atoms with Crippen molar-refractivity contribution < 1.29 is 0 Å². The Kier molecular flexibility index (Phi) is 1.25. The van der Waals surface area contributed by atoms with Gasteiger partial charge in [0, 0.05) is 17.4 Å². The summed E-state index contributed by atoms with van der Waals surface area (Å²) in [6, 6.07) is 8.52. The van der Waals surface area contributed by atoms with Gasteiger partial charge in [-0.15, -0.1) is 0 Å². The van der Waals surface area contributed by atoms with Crippen LogP contribution in [0.3, 0.4) is 0 Å². The monoisotopic (exact) mass is 145 g/mol. The highest BCUT2D eigenvalue weighted by Gasteiger charge is 1.96. The second kappa shape index (κ2) is 2.12. The Bertz CT molecular complexity index is 349. The van der Waals surface area contributed by atoms with E-state index < -0.39 is 0 Å². The minimum absolute atomic E-state index is 1.29. The van der Waals surface area contributed by atoms with Gasteiger partial charge in [0.2, 0.25) is 0 Å². The minimum Gasteiger partial charge on any atom is -0.321 e. The van der Waals surface area contributed by atoms with E-state index in [1.807, 2.05) is 0 Å². The highest BCUT2D eigenvalue weighted by atomic mass is 14.9. The summed E-state index contributed by atoms with van der Waals surface area (Å²) < 4.78 is 2.20. The molecule has 2 aromatic heterocycles. The van der Waals surface area contributed by atoms with Crippen LogP contribution in [0.4, 0.5) is 0 Å². The molecule has 11 heavy (non-hydrogen) atoms. The van der Waals surface area contributed by atoms with Gasteiger partial charge >= 0.3 is 0 Å². The maximum Gasteiger partial charge on any atom is 0.0481 e. The lowest BCUT2D eigenvalue weighted by Crippen LogP contribution is -1.89. The third-order valence-corrected chi connectivity index (χ3v) is 2.11. The SMILES string of the molecule is Cc1ccc(C)n2cccc12. The third kappa shape index (κ3) is 0.845. The summed E-state index contributed by atoms with van der Waals surface area (Å²) in [5.74, 6) is 0. The molecule has 0 radical (unpaired) electrons. The molecule has 0 spiro atoms. The van der Waals surface area contributed by atoms with Crippen LogP contribution in [-0.2, 0) is 0 Å². The smallest absolute Gasteiger partial charge is 0.0481 e. The highest BCUT2D eigenvalue weighted by molar-refractivity contribution is 5.55. The molecule has 0 atom stereocenters. The van der Waals surface area contributed by atoms with Crippen LogP contribution < -0.4 is 0 Å². The van der Waals surface area contributed by atoms with E-state index >= 15 is 0 Å². The molecular formula is C10H11N. The fourth-order valence-electron chi connectivity index (χ4n) is 1.42. The molecule has 0 aliphatic heterocycles. The molecule has 1 heteroatoms. The number of aromatic nitrogens is 1. The molecule has 56 valence electrons. The second-order valence-electron chi connectivity index (χ2n) is 2.92. The average Bonchev–Trinajstić information content (AvgIpc) is 2.45. The van der Waals surface area contributed by atoms with E-state index in [0.717, 1.165) is 0 Å². The van der Waals surface area contributed by atoms with E-state index in [-0.39, 0.29) is 0 Å². The predicted octanol–water partition coefficient (Wildman–Crippen LogP) is 2.56. The van der Waals surface area contributed by atoms with Crippen LogP contribution >= 0.6 is 0 Å². The van der Waals surface area contributed by atoms with Gasteiger partial charge in [-0.2, -0.15) is 0 Å². The average molecular weight is 145 g/mol. The van der Waals surface area contributed by atoms with Crippen molar-refractivity contribution in [2.75, 3.05) is 0 Å². The summed E-state index contributed by atoms with van der Waals surface area (Å²) in [5, 5.41) is 0. The molecule has 0 fully saturated rings. The second-order valence-corrected chi connectivity index (χ2v) is 2.92. The van der Waals surface area contributed by atoms with Crippen LogP contribution in [0.1, 0.15) is 11.3 Å². The molecule has 0 N–H and O–H groups in total. The Morgan fingerprint density at radius 3 is 2.64 bits per heavy atom. The first-order chi connectivity index (χ1) is 5.29. The van der Waals surface area contributed by atoms with Gasteiger partial charge in [0.25, 0.3) is 0 Å². The molecule has 1 nitrogen and oxygen atoms in total. The maximum atomic E-state index is 2.20. The standard InChI is InChI=1S/C10H11N/c1-8-5-6-9(2)11-7-3-4-10(8)11/h3-7H,1-2H3. The number of hydrogen-bond donors (Lipinski definition) is 0. The van der Waals surface area contributed by atoms with Gasteiger partial charge < -0.3 is 4.40 Å². The van der Waals surface area contributed by atoms with Gasteiger partial charge in [-0.1, -0.05) is 6.07 Å². The zero-order valence-corrected chi connectivity index (χ0v) is 6.83. The molecule has 0 saturated carbocycles. The quantitative estimate of drug-likeness (QED) is 0.536. The van der Waals surface area contributed by atoms with E-state index in [9.17, 15) is 0 Å². The van der Waals surface area contributed by atoms with E-state index in [1.165, 1.54) is 16.8 Å². The first-order valence-electron chi connectivity index (χ1n) is 3.82. The van der Waals surface area contributed by atoms with Crippen molar-refractivity contribution in [1.29, 1.82) is 0 Å². The molecule has 0 aromatic carbocycles. The van der Waals surface area contributed by atoms with Crippen LogP contribution in [0.15, 0.2) is 30.5 Å². The van der Waals surface area contributed by atoms with Crippen molar-refractivity contribution in [2.24, 2.45) is 0 Å². The Morgan fingerprint density at radius 2 is 1.91 bits per heavy atom. The normalized spacial score (nSPS) is 10.7. The van der Waals surface area contributed by atoms with Crippen molar-refractivity contribution in [3.05, 3.63) is 41.7 Å². The molecule has 2 aromatic rings. The van der Waals surface area contributed by atoms with Crippen molar-refractivity contribution in [1.82, 2.24) is 4.40 Å².